The van der Waals surface area contributed by atoms with Crippen LogP contribution in [0.1, 0.15) is 19.2 Å². The second kappa shape index (κ2) is 9.40. The molecule has 0 radical (unpaired) electrons. The molecule has 0 N–H and O–H groups in total. The molecule has 0 aliphatic heterocycles. The smallest absolute Gasteiger partial charge is 0.264 e. The molecule has 5 aromatic rings. The Balaban J connectivity index is 1.36. The number of nitrogens with zero attached hydrogens (tertiary/aromatic N) is 7. The lowest BCUT2D eigenvalue weighted by Crippen LogP contribution is -2.36. The molecule has 0 unspecified atom stereocenters. The Labute approximate surface area is 198 Å². The first-order valence-electron chi connectivity index (χ1n) is 10.8. The van der Waals surface area contributed by atoms with Crippen molar-refractivity contribution in [3.63, 3.8) is 0 Å². The number of para-hydroxylation sites is 1. The van der Waals surface area contributed by atoms with Crippen molar-refractivity contribution >= 4 is 28.3 Å². The molecular weight excluding hydrogens is 454 g/mol. The Morgan fingerprint density at radius 3 is 2.76 bits per heavy atom. The Kier molecular flexibility index (Phi) is 6.00. The molecule has 1 amide bonds. The van der Waals surface area contributed by atoms with Crippen LogP contribution >= 0.6 is 11.3 Å². The summed E-state index contributed by atoms with van der Waals surface area (Å²) >= 11 is 1.50. The number of fused-ring (bicyclic) bond motifs is 1. The summed E-state index contributed by atoms with van der Waals surface area (Å²) < 4.78 is 8.64. The van der Waals surface area contributed by atoms with Crippen molar-refractivity contribution < 1.29 is 9.21 Å². The van der Waals surface area contributed by atoms with Gasteiger partial charge in [-0.05, 0) is 30.0 Å². The fraction of sp³-hybridized carbons (Fsp3) is 0.217. The zero-order valence-corrected chi connectivity index (χ0v) is 19.2. The summed E-state index contributed by atoms with van der Waals surface area (Å²) in [6, 6.07) is 13.2. The molecule has 0 spiro atoms. The van der Waals surface area contributed by atoms with Crippen molar-refractivity contribution in [3.05, 3.63) is 76.6 Å². The van der Waals surface area contributed by atoms with Crippen LogP contribution in [-0.2, 0) is 17.9 Å². The summed E-state index contributed by atoms with van der Waals surface area (Å²) in [4.78, 5) is 33.0. The summed E-state index contributed by atoms with van der Waals surface area (Å²) in [5.74, 6) is 0.530. The highest BCUT2D eigenvalue weighted by molar-refractivity contribution is 7.13. The minimum absolute atomic E-state index is 0.149. The summed E-state index contributed by atoms with van der Waals surface area (Å²) in [6.07, 6.45) is 3.61. The third kappa shape index (κ3) is 4.25. The first-order valence-corrected chi connectivity index (χ1v) is 11.6. The number of hydrogen-bond donors (Lipinski definition) is 0. The summed E-state index contributed by atoms with van der Waals surface area (Å²) in [6.45, 7) is 2.49. The van der Waals surface area contributed by atoms with Crippen molar-refractivity contribution in [2.24, 2.45) is 0 Å². The summed E-state index contributed by atoms with van der Waals surface area (Å²) in [7, 11) is 0. The molecule has 4 heterocycles. The Morgan fingerprint density at radius 2 is 2.00 bits per heavy atom. The lowest BCUT2D eigenvalue weighted by molar-refractivity contribution is -0.132. The van der Waals surface area contributed by atoms with E-state index in [0.717, 1.165) is 17.0 Å². The largest absolute Gasteiger partial charge is 0.418 e. The van der Waals surface area contributed by atoms with Crippen LogP contribution in [0.2, 0.25) is 0 Å². The van der Waals surface area contributed by atoms with E-state index in [4.69, 9.17) is 4.42 Å². The van der Waals surface area contributed by atoms with E-state index in [9.17, 15) is 9.59 Å². The van der Waals surface area contributed by atoms with E-state index in [2.05, 4.69) is 20.3 Å². The second-order valence-electron chi connectivity index (χ2n) is 7.60. The van der Waals surface area contributed by atoms with Gasteiger partial charge in [0, 0.05) is 6.54 Å². The van der Waals surface area contributed by atoms with E-state index >= 15 is 0 Å². The first-order chi connectivity index (χ1) is 16.6. The molecule has 34 heavy (non-hydrogen) atoms. The number of thiophene rings is 1. The van der Waals surface area contributed by atoms with Crippen LogP contribution in [0.3, 0.4) is 0 Å². The third-order valence-corrected chi connectivity index (χ3v) is 6.09. The van der Waals surface area contributed by atoms with Gasteiger partial charge in [0.15, 0.2) is 5.65 Å². The lowest BCUT2D eigenvalue weighted by Gasteiger charge is -2.20. The maximum absolute atomic E-state index is 13.1. The van der Waals surface area contributed by atoms with E-state index < -0.39 is 0 Å². The molecule has 4 aromatic heterocycles. The fourth-order valence-electron chi connectivity index (χ4n) is 3.61. The maximum Gasteiger partial charge on any atom is 0.264 e. The number of benzene rings is 1. The van der Waals surface area contributed by atoms with Gasteiger partial charge in [-0.25, -0.2) is 9.67 Å². The van der Waals surface area contributed by atoms with Crippen molar-refractivity contribution in [3.8, 4) is 16.5 Å². The lowest BCUT2D eigenvalue weighted by atomic mass is 10.3. The van der Waals surface area contributed by atoms with Gasteiger partial charge >= 0.3 is 0 Å². The molecule has 172 valence electrons. The minimum Gasteiger partial charge on any atom is -0.418 e. The number of carbonyl (C=O) groups excluding carboxylic acids is 1. The molecular formula is C23H21N7O3S. The quantitative estimate of drug-likeness (QED) is 0.339. The van der Waals surface area contributed by atoms with Gasteiger partial charge in [0.25, 0.3) is 11.4 Å². The predicted octanol–water partition coefficient (Wildman–Crippen LogP) is 3.13. The zero-order chi connectivity index (χ0) is 23.5. The molecule has 0 saturated heterocycles. The van der Waals surface area contributed by atoms with Crippen LogP contribution in [0, 0.1) is 0 Å². The molecule has 0 fully saturated rings. The van der Waals surface area contributed by atoms with Crippen molar-refractivity contribution in [1.29, 1.82) is 0 Å². The second-order valence-corrected chi connectivity index (χ2v) is 8.55. The number of rotatable bonds is 8. The Hall–Kier alpha value is -4.12. The van der Waals surface area contributed by atoms with Crippen LogP contribution in [0.4, 0.5) is 0 Å². The Bertz CT molecular complexity index is 1470. The molecule has 5 rings (SSSR count). The number of aromatic nitrogens is 6. The van der Waals surface area contributed by atoms with E-state index in [1.54, 1.807) is 9.58 Å². The highest BCUT2D eigenvalue weighted by Crippen LogP contribution is 2.23. The molecule has 0 atom stereocenters. The monoisotopic (exact) mass is 475 g/mol. The molecule has 0 saturated carbocycles. The molecule has 0 aliphatic rings. The highest BCUT2D eigenvalue weighted by atomic mass is 32.1. The van der Waals surface area contributed by atoms with Gasteiger partial charge in [-0.1, -0.05) is 31.2 Å². The highest BCUT2D eigenvalue weighted by Gasteiger charge is 2.20. The van der Waals surface area contributed by atoms with Crippen LogP contribution in [0.15, 0.2) is 69.6 Å². The minimum atomic E-state index is -0.324. The number of amides is 1. The van der Waals surface area contributed by atoms with Crippen LogP contribution in [-0.4, -0.2) is 46.9 Å². The zero-order valence-electron chi connectivity index (χ0n) is 18.4. The first kappa shape index (κ1) is 21.7. The average Bonchev–Trinajstić information content (AvgIpc) is 3.62. The van der Waals surface area contributed by atoms with Crippen molar-refractivity contribution in [1.82, 2.24) is 34.4 Å². The van der Waals surface area contributed by atoms with Gasteiger partial charge in [0.2, 0.25) is 11.8 Å². The van der Waals surface area contributed by atoms with E-state index in [0.29, 0.717) is 29.4 Å². The van der Waals surface area contributed by atoms with Gasteiger partial charge in [-0.3, -0.25) is 14.2 Å². The van der Waals surface area contributed by atoms with Gasteiger partial charge in [0.05, 0.1) is 23.3 Å². The average molecular weight is 476 g/mol. The van der Waals surface area contributed by atoms with Gasteiger partial charge in [-0.15, -0.1) is 21.5 Å². The molecule has 10 nitrogen and oxygen atoms in total. The molecule has 0 aliphatic carbocycles. The molecule has 1 aromatic carbocycles. The van der Waals surface area contributed by atoms with Gasteiger partial charge in [-0.2, -0.15) is 5.10 Å². The Morgan fingerprint density at radius 1 is 1.15 bits per heavy atom. The van der Waals surface area contributed by atoms with Gasteiger partial charge in [0.1, 0.15) is 18.3 Å². The fourth-order valence-corrected chi connectivity index (χ4v) is 4.25. The predicted molar refractivity (Wildman–Crippen MR) is 126 cm³/mol. The maximum atomic E-state index is 13.1. The van der Waals surface area contributed by atoms with Crippen LogP contribution < -0.4 is 5.56 Å². The number of carbonyl (C=O) groups is 1. The normalized spacial score (nSPS) is 11.2. The van der Waals surface area contributed by atoms with Gasteiger partial charge < -0.3 is 9.32 Å². The van der Waals surface area contributed by atoms with E-state index in [1.165, 1.54) is 28.4 Å². The topological polar surface area (TPSA) is 112 Å². The summed E-state index contributed by atoms with van der Waals surface area (Å²) in [5, 5.41) is 14.7. The standard InChI is InChI=1S/C23H21N7O3S/c1-2-10-28(13-19-26-27-22(33-19)18-9-6-11-34-18)20(31)14-29-15-24-21-17(23(29)32)12-25-30(21)16-7-4-3-5-8-16/h3-9,11-12,15H,2,10,13-14H2,1H3. The molecule has 0 bridgehead atoms. The molecule has 11 heteroatoms. The van der Waals surface area contributed by atoms with E-state index in [-0.39, 0.29) is 24.6 Å². The van der Waals surface area contributed by atoms with E-state index in [1.807, 2.05) is 54.8 Å². The van der Waals surface area contributed by atoms with Crippen molar-refractivity contribution in [2.75, 3.05) is 6.54 Å². The number of hydrogen-bond acceptors (Lipinski definition) is 8. The third-order valence-electron chi connectivity index (χ3n) is 5.23. The summed E-state index contributed by atoms with van der Waals surface area (Å²) in [5.41, 5.74) is 0.917. The van der Waals surface area contributed by atoms with Crippen LogP contribution in [0.5, 0.6) is 0 Å². The SMILES string of the molecule is CCCN(Cc1nnc(-c2cccs2)o1)C(=O)Cn1cnc2c(cnn2-c2ccccc2)c1=O. The van der Waals surface area contributed by atoms with Crippen LogP contribution in [0.25, 0.3) is 27.5 Å². The van der Waals surface area contributed by atoms with Crippen molar-refractivity contribution in [2.45, 2.75) is 26.4 Å².